The molecule has 3 heteroatoms. The summed E-state index contributed by atoms with van der Waals surface area (Å²) in [6.07, 6.45) is 2.66. The highest BCUT2D eigenvalue weighted by Crippen LogP contribution is 2.32. The first-order valence-corrected chi connectivity index (χ1v) is 8.58. The topological polar surface area (TPSA) is 12.0 Å². The molecule has 0 atom stereocenters. The molecular formula is C17H18BrNS. The molecule has 1 nitrogen and oxygen atoms in total. The Balaban J connectivity index is 1.77. The van der Waals surface area contributed by atoms with Crippen molar-refractivity contribution in [2.75, 3.05) is 0 Å². The first kappa shape index (κ1) is 14.2. The standard InChI is InChI=1S/C17H18BrNS/c1-12-2-7-16(8-3-12)20-17-9-4-14(18)10-13(17)11-19-15-5-6-15/h2-4,7-10,15,19H,5-6,11H2,1H3. The summed E-state index contributed by atoms with van der Waals surface area (Å²) in [6, 6.07) is 16.0. The largest absolute Gasteiger partial charge is 0.310 e. The number of aryl methyl sites for hydroxylation is 1. The zero-order valence-electron chi connectivity index (χ0n) is 11.5. The van der Waals surface area contributed by atoms with E-state index in [2.05, 4.69) is 70.6 Å². The van der Waals surface area contributed by atoms with Gasteiger partial charge < -0.3 is 5.32 Å². The summed E-state index contributed by atoms with van der Waals surface area (Å²) >= 11 is 5.42. The predicted octanol–water partition coefficient (Wildman–Crippen LogP) is 5.16. The van der Waals surface area contributed by atoms with Gasteiger partial charge in [0.1, 0.15) is 0 Å². The van der Waals surface area contributed by atoms with Crippen LogP contribution in [-0.4, -0.2) is 6.04 Å². The van der Waals surface area contributed by atoms with Crippen LogP contribution < -0.4 is 5.32 Å². The maximum Gasteiger partial charge on any atom is 0.0219 e. The summed E-state index contributed by atoms with van der Waals surface area (Å²) in [5.41, 5.74) is 2.68. The van der Waals surface area contributed by atoms with Crippen LogP contribution in [0, 0.1) is 6.92 Å². The number of rotatable bonds is 5. The molecule has 1 fully saturated rings. The minimum absolute atomic E-state index is 0.742. The van der Waals surface area contributed by atoms with Crippen LogP contribution in [0.4, 0.5) is 0 Å². The molecule has 0 aliphatic heterocycles. The molecule has 1 aliphatic rings. The van der Waals surface area contributed by atoms with Gasteiger partial charge >= 0.3 is 0 Å². The monoisotopic (exact) mass is 347 g/mol. The molecule has 0 unspecified atom stereocenters. The molecule has 1 aliphatic carbocycles. The Bertz CT molecular complexity index is 590. The molecule has 0 spiro atoms. The van der Waals surface area contributed by atoms with Gasteiger partial charge in [0.2, 0.25) is 0 Å². The lowest BCUT2D eigenvalue weighted by molar-refractivity contribution is 0.680. The third kappa shape index (κ3) is 3.87. The minimum atomic E-state index is 0.742. The first-order valence-electron chi connectivity index (χ1n) is 6.97. The van der Waals surface area contributed by atoms with Crippen LogP contribution in [0.25, 0.3) is 0 Å². The fourth-order valence-corrected chi connectivity index (χ4v) is 3.39. The highest BCUT2D eigenvalue weighted by molar-refractivity contribution is 9.10. The molecule has 1 saturated carbocycles. The van der Waals surface area contributed by atoms with Crippen molar-refractivity contribution in [2.45, 2.75) is 42.1 Å². The van der Waals surface area contributed by atoms with Crippen molar-refractivity contribution in [1.29, 1.82) is 0 Å². The van der Waals surface area contributed by atoms with Crippen LogP contribution in [0.5, 0.6) is 0 Å². The van der Waals surface area contributed by atoms with Crippen molar-refractivity contribution in [1.82, 2.24) is 5.32 Å². The van der Waals surface area contributed by atoms with E-state index in [9.17, 15) is 0 Å². The molecule has 0 radical (unpaired) electrons. The zero-order valence-corrected chi connectivity index (χ0v) is 13.9. The van der Waals surface area contributed by atoms with Crippen molar-refractivity contribution >= 4 is 27.7 Å². The normalized spacial score (nSPS) is 14.5. The molecule has 3 rings (SSSR count). The van der Waals surface area contributed by atoms with Crippen molar-refractivity contribution in [3.63, 3.8) is 0 Å². The lowest BCUT2D eigenvalue weighted by Crippen LogP contribution is -2.15. The van der Waals surface area contributed by atoms with Gasteiger partial charge in [-0.25, -0.2) is 0 Å². The van der Waals surface area contributed by atoms with Gasteiger partial charge in [-0.15, -0.1) is 0 Å². The minimum Gasteiger partial charge on any atom is -0.310 e. The van der Waals surface area contributed by atoms with E-state index in [4.69, 9.17) is 0 Å². The van der Waals surface area contributed by atoms with Crippen LogP contribution in [-0.2, 0) is 6.54 Å². The van der Waals surface area contributed by atoms with E-state index in [1.165, 1.54) is 33.8 Å². The van der Waals surface area contributed by atoms with Crippen LogP contribution in [0.1, 0.15) is 24.0 Å². The van der Waals surface area contributed by atoms with E-state index < -0.39 is 0 Å². The molecule has 0 saturated heterocycles. The second-order valence-corrected chi connectivity index (χ2v) is 7.35. The van der Waals surface area contributed by atoms with Gasteiger partial charge in [0.05, 0.1) is 0 Å². The molecule has 0 amide bonds. The highest BCUT2D eigenvalue weighted by atomic mass is 79.9. The van der Waals surface area contributed by atoms with Gasteiger partial charge in [-0.2, -0.15) is 0 Å². The Kier molecular flexibility index (Phi) is 4.49. The van der Waals surface area contributed by atoms with Crippen molar-refractivity contribution in [3.05, 3.63) is 58.1 Å². The van der Waals surface area contributed by atoms with Crippen LogP contribution in [0.15, 0.2) is 56.7 Å². The van der Waals surface area contributed by atoms with Crippen molar-refractivity contribution < 1.29 is 0 Å². The van der Waals surface area contributed by atoms with E-state index in [0.717, 1.165) is 17.1 Å². The quantitative estimate of drug-likeness (QED) is 0.801. The van der Waals surface area contributed by atoms with Gasteiger partial charge in [-0.3, -0.25) is 0 Å². The lowest BCUT2D eigenvalue weighted by atomic mass is 10.2. The average molecular weight is 348 g/mol. The molecule has 20 heavy (non-hydrogen) atoms. The average Bonchev–Trinajstić information content (AvgIpc) is 3.25. The van der Waals surface area contributed by atoms with Crippen LogP contribution in [0.2, 0.25) is 0 Å². The fraction of sp³-hybridized carbons (Fsp3) is 0.294. The van der Waals surface area contributed by atoms with E-state index in [0.29, 0.717) is 0 Å². The Hall–Kier alpha value is -0.770. The van der Waals surface area contributed by atoms with Crippen LogP contribution in [0.3, 0.4) is 0 Å². The smallest absolute Gasteiger partial charge is 0.0219 e. The lowest BCUT2D eigenvalue weighted by Gasteiger charge is -2.11. The summed E-state index contributed by atoms with van der Waals surface area (Å²) in [6.45, 7) is 3.08. The van der Waals surface area contributed by atoms with Gasteiger partial charge in [0.25, 0.3) is 0 Å². The molecule has 1 N–H and O–H groups in total. The predicted molar refractivity (Wildman–Crippen MR) is 89.3 cm³/mol. The van der Waals surface area contributed by atoms with E-state index in [1.54, 1.807) is 0 Å². The molecule has 0 heterocycles. The van der Waals surface area contributed by atoms with Gasteiger partial charge in [0.15, 0.2) is 0 Å². The third-order valence-electron chi connectivity index (χ3n) is 3.43. The van der Waals surface area contributed by atoms with Gasteiger partial charge in [-0.05, 0) is 55.7 Å². The first-order chi connectivity index (χ1) is 9.70. The van der Waals surface area contributed by atoms with Crippen LogP contribution >= 0.6 is 27.7 Å². The Morgan fingerprint density at radius 1 is 1.15 bits per heavy atom. The third-order valence-corrected chi connectivity index (χ3v) is 5.05. The Labute approximate surface area is 133 Å². The molecular weight excluding hydrogens is 330 g/mol. The van der Waals surface area contributed by atoms with E-state index >= 15 is 0 Å². The summed E-state index contributed by atoms with van der Waals surface area (Å²) in [5.74, 6) is 0. The second-order valence-electron chi connectivity index (χ2n) is 5.32. The molecule has 0 aromatic heterocycles. The summed E-state index contributed by atoms with van der Waals surface area (Å²) in [4.78, 5) is 2.63. The molecule has 2 aromatic carbocycles. The van der Waals surface area contributed by atoms with Crippen molar-refractivity contribution in [2.24, 2.45) is 0 Å². The highest BCUT2D eigenvalue weighted by Gasteiger charge is 2.20. The van der Waals surface area contributed by atoms with E-state index in [-0.39, 0.29) is 0 Å². The number of hydrogen-bond donors (Lipinski definition) is 1. The number of hydrogen-bond acceptors (Lipinski definition) is 2. The van der Waals surface area contributed by atoms with Crippen molar-refractivity contribution in [3.8, 4) is 0 Å². The SMILES string of the molecule is Cc1ccc(Sc2ccc(Br)cc2CNC2CC2)cc1. The molecule has 104 valence electrons. The number of nitrogens with one attached hydrogen (secondary N) is 1. The molecule has 0 bridgehead atoms. The van der Waals surface area contributed by atoms with E-state index in [1.807, 2.05) is 11.8 Å². The maximum atomic E-state index is 3.60. The summed E-state index contributed by atoms with van der Waals surface area (Å²) in [7, 11) is 0. The number of benzene rings is 2. The number of halogens is 1. The maximum absolute atomic E-state index is 3.60. The van der Waals surface area contributed by atoms with Gasteiger partial charge in [-0.1, -0.05) is 45.4 Å². The summed E-state index contributed by atoms with van der Waals surface area (Å²) < 4.78 is 1.15. The Morgan fingerprint density at radius 2 is 1.90 bits per heavy atom. The summed E-state index contributed by atoms with van der Waals surface area (Å²) in [5, 5.41) is 3.60. The second kappa shape index (κ2) is 6.33. The molecule has 2 aromatic rings. The Morgan fingerprint density at radius 3 is 2.60 bits per heavy atom. The van der Waals surface area contributed by atoms with Gasteiger partial charge in [0, 0.05) is 26.9 Å². The fourth-order valence-electron chi connectivity index (χ4n) is 2.06. The zero-order chi connectivity index (χ0) is 13.9.